The Morgan fingerprint density at radius 2 is 1.31 bits per heavy atom. The van der Waals surface area contributed by atoms with Gasteiger partial charge in [0.15, 0.2) is 5.76 Å². The number of allylic oxidation sites excluding steroid dienone is 1. The lowest BCUT2D eigenvalue weighted by atomic mass is 10.0. The first-order chi connectivity index (χ1) is 12.4. The number of hydrogen-bond donors (Lipinski definition) is 0. The number of carbonyl (C=O) groups excluding carboxylic acids is 2. The van der Waals surface area contributed by atoms with Crippen LogP contribution in [0.1, 0.15) is 26.3 Å². The summed E-state index contributed by atoms with van der Waals surface area (Å²) in [5.41, 5.74) is 3.29. The Hall–Kier alpha value is -3.28. The van der Waals surface area contributed by atoms with Gasteiger partial charge in [0.05, 0.1) is 11.1 Å². The fourth-order valence-electron chi connectivity index (χ4n) is 3.04. The molecule has 0 aromatic heterocycles. The molecule has 2 aliphatic heterocycles. The summed E-state index contributed by atoms with van der Waals surface area (Å²) in [5.74, 6) is -0.0532. The smallest absolute Gasteiger partial charge is 0.344 e. The molecule has 2 aromatic rings. The van der Waals surface area contributed by atoms with E-state index in [1.807, 2.05) is 56.2 Å². The van der Waals surface area contributed by atoms with Crippen LogP contribution in [0.25, 0.3) is 5.76 Å². The normalized spacial score (nSPS) is 17.5. The summed E-state index contributed by atoms with van der Waals surface area (Å²) in [4.78, 5) is 28.8. The third-order valence-corrected chi connectivity index (χ3v) is 4.53. The number of Topliss-reactive ketones (excluding diaryl/α,β-unsaturated/α-hetero) is 1. The van der Waals surface area contributed by atoms with Gasteiger partial charge < -0.3 is 19.3 Å². The molecule has 0 fully saturated rings. The molecule has 0 aliphatic carbocycles. The first-order valence-corrected chi connectivity index (χ1v) is 8.19. The van der Waals surface area contributed by atoms with Gasteiger partial charge in [0.25, 0.3) is 0 Å². The summed E-state index contributed by atoms with van der Waals surface area (Å²) in [6.45, 7) is 0. The van der Waals surface area contributed by atoms with E-state index >= 15 is 0 Å². The van der Waals surface area contributed by atoms with Gasteiger partial charge in [-0.25, -0.2) is 4.79 Å². The Bertz CT molecular complexity index is 989. The summed E-state index contributed by atoms with van der Waals surface area (Å²) in [6, 6.07) is 10.8. The Kier molecular flexibility index (Phi) is 3.50. The molecule has 0 N–H and O–H groups in total. The predicted octanol–water partition coefficient (Wildman–Crippen LogP) is 2.93. The van der Waals surface area contributed by atoms with Crippen LogP contribution in [0.3, 0.4) is 0 Å². The molecule has 6 heteroatoms. The predicted molar refractivity (Wildman–Crippen MR) is 98.8 cm³/mol. The minimum atomic E-state index is -0.478. The van der Waals surface area contributed by atoms with E-state index in [4.69, 9.17) is 9.47 Å². The quantitative estimate of drug-likeness (QED) is 0.613. The Labute approximate surface area is 151 Å². The van der Waals surface area contributed by atoms with E-state index in [-0.39, 0.29) is 17.3 Å². The molecular weight excluding hydrogens is 332 g/mol. The number of fused-ring (bicyclic) bond motifs is 2. The van der Waals surface area contributed by atoms with E-state index in [1.165, 1.54) is 0 Å². The lowest BCUT2D eigenvalue weighted by molar-refractivity contribution is 0.0710. The van der Waals surface area contributed by atoms with Crippen LogP contribution in [-0.2, 0) is 4.74 Å². The summed E-state index contributed by atoms with van der Waals surface area (Å²) in [7, 11) is 7.63. The van der Waals surface area contributed by atoms with E-state index in [9.17, 15) is 9.59 Å². The van der Waals surface area contributed by atoms with Gasteiger partial charge in [-0.05, 0) is 30.3 Å². The highest BCUT2D eigenvalue weighted by Gasteiger charge is 2.38. The lowest BCUT2D eigenvalue weighted by Gasteiger charge is -2.13. The number of ether oxygens (including phenoxy) is 2. The molecule has 0 radical (unpaired) electrons. The molecule has 0 unspecified atom stereocenters. The van der Waals surface area contributed by atoms with E-state index in [0.717, 1.165) is 11.4 Å². The van der Waals surface area contributed by atoms with Crippen molar-refractivity contribution in [2.45, 2.75) is 0 Å². The summed E-state index contributed by atoms with van der Waals surface area (Å²) >= 11 is 0. The van der Waals surface area contributed by atoms with Gasteiger partial charge in [0, 0.05) is 51.2 Å². The Morgan fingerprint density at radius 3 is 1.96 bits per heavy atom. The first kappa shape index (κ1) is 16.2. The van der Waals surface area contributed by atoms with E-state index < -0.39 is 5.97 Å². The maximum atomic E-state index is 12.8. The molecule has 0 spiro atoms. The largest absolute Gasteiger partial charge is 0.448 e. The number of nitrogens with zero attached hydrogens (tertiary/aromatic N) is 2. The average Bonchev–Trinajstić information content (AvgIpc) is 3.11. The van der Waals surface area contributed by atoms with Crippen molar-refractivity contribution >= 4 is 28.9 Å². The fourth-order valence-corrected chi connectivity index (χ4v) is 3.04. The summed E-state index contributed by atoms with van der Waals surface area (Å²) in [6.07, 6.45) is 0. The fraction of sp³-hybridized carbons (Fsp3) is 0.200. The van der Waals surface area contributed by atoms with Crippen LogP contribution >= 0.6 is 0 Å². The number of anilines is 2. The third kappa shape index (κ3) is 2.34. The zero-order chi connectivity index (χ0) is 18.6. The number of rotatable bonds is 2. The van der Waals surface area contributed by atoms with Gasteiger partial charge in [-0.3, -0.25) is 4.79 Å². The number of hydrogen-bond acceptors (Lipinski definition) is 6. The van der Waals surface area contributed by atoms with Crippen molar-refractivity contribution in [1.82, 2.24) is 0 Å². The van der Waals surface area contributed by atoms with Crippen LogP contribution < -0.4 is 14.5 Å². The van der Waals surface area contributed by atoms with Crippen LogP contribution in [0.15, 0.2) is 42.2 Å². The van der Waals surface area contributed by atoms with Crippen LogP contribution in [0.2, 0.25) is 0 Å². The molecule has 132 valence electrons. The van der Waals surface area contributed by atoms with Crippen LogP contribution in [0, 0.1) is 0 Å². The highest BCUT2D eigenvalue weighted by Crippen LogP contribution is 2.41. The second-order valence-electron chi connectivity index (χ2n) is 6.68. The molecular formula is C20H18N2O4. The Balaban J connectivity index is 1.83. The molecule has 2 aromatic carbocycles. The van der Waals surface area contributed by atoms with Crippen LogP contribution in [0.5, 0.6) is 5.75 Å². The minimum Gasteiger partial charge on any atom is -0.448 e. The van der Waals surface area contributed by atoms with Gasteiger partial charge in [-0.2, -0.15) is 0 Å². The minimum absolute atomic E-state index is 0.0545. The molecule has 6 nitrogen and oxygen atoms in total. The van der Waals surface area contributed by atoms with E-state index in [0.29, 0.717) is 22.4 Å². The number of ketones is 1. The number of esters is 1. The maximum Gasteiger partial charge on any atom is 0.344 e. The van der Waals surface area contributed by atoms with Gasteiger partial charge in [0.1, 0.15) is 5.75 Å². The second-order valence-corrected chi connectivity index (χ2v) is 6.68. The van der Waals surface area contributed by atoms with Gasteiger partial charge >= 0.3 is 5.97 Å². The molecule has 2 aliphatic rings. The van der Waals surface area contributed by atoms with Crippen LogP contribution in [-0.4, -0.2) is 39.9 Å². The highest BCUT2D eigenvalue weighted by molar-refractivity contribution is 6.18. The zero-order valence-electron chi connectivity index (χ0n) is 15.0. The monoisotopic (exact) mass is 350 g/mol. The number of benzene rings is 2. The van der Waals surface area contributed by atoms with Gasteiger partial charge in [-0.1, -0.05) is 0 Å². The van der Waals surface area contributed by atoms with E-state index in [1.54, 1.807) is 18.2 Å². The van der Waals surface area contributed by atoms with Crippen molar-refractivity contribution in [3.05, 3.63) is 58.8 Å². The molecule has 26 heavy (non-hydrogen) atoms. The Morgan fingerprint density at radius 1 is 0.692 bits per heavy atom. The number of carbonyl (C=O) groups is 2. The summed E-state index contributed by atoms with van der Waals surface area (Å²) < 4.78 is 11.2. The second kappa shape index (κ2) is 5.62. The van der Waals surface area contributed by atoms with Crippen LogP contribution in [0.4, 0.5) is 11.4 Å². The SMILES string of the molecule is CN(C)c1ccc2c(c1)O/C(=C1/OC(=O)c3ccc(N(C)C)cc31)C2=O. The van der Waals surface area contributed by atoms with Crippen molar-refractivity contribution in [3.63, 3.8) is 0 Å². The average molecular weight is 350 g/mol. The topological polar surface area (TPSA) is 59.1 Å². The molecule has 0 atom stereocenters. The first-order valence-electron chi connectivity index (χ1n) is 8.19. The molecule has 0 saturated heterocycles. The van der Waals surface area contributed by atoms with E-state index in [2.05, 4.69) is 0 Å². The molecule has 0 bridgehead atoms. The van der Waals surface area contributed by atoms with Crippen molar-refractivity contribution in [3.8, 4) is 5.75 Å². The van der Waals surface area contributed by atoms with Gasteiger partial charge in [-0.15, -0.1) is 0 Å². The molecule has 2 heterocycles. The maximum absolute atomic E-state index is 12.8. The van der Waals surface area contributed by atoms with Crippen molar-refractivity contribution in [2.24, 2.45) is 0 Å². The molecule has 0 amide bonds. The standard InChI is InChI=1S/C20H18N2O4/c1-21(2)11-5-7-13-15(9-11)18(26-20(13)24)19-17(23)14-8-6-12(22(3)4)10-16(14)25-19/h5-10H,1-4H3/b19-18+. The molecule has 4 rings (SSSR count). The zero-order valence-corrected chi connectivity index (χ0v) is 15.0. The summed E-state index contributed by atoms with van der Waals surface area (Å²) in [5, 5.41) is 0. The van der Waals surface area contributed by atoms with Crippen molar-refractivity contribution in [1.29, 1.82) is 0 Å². The molecule has 0 saturated carbocycles. The lowest BCUT2D eigenvalue weighted by Crippen LogP contribution is -2.09. The van der Waals surface area contributed by atoms with Crippen molar-refractivity contribution < 1.29 is 19.1 Å². The van der Waals surface area contributed by atoms with Gasteiger partial charge in [0.2, 0.25) is 11.5 Å². The number of cyclic esters (lactones) is 1. The van der Waals surface area contributed by atoms with Crippen molar-refractivity contribution in [2.75, 3.05) is 38.0 Å². The third-order valence-electron chi connectivity index (χ3n) is 4.53. The highest BCUT2D eigenvalue weighted by atomic mass is 16.6.